The van der Waals surface area contributed by atoms with E-state index in [1.165, 1.54) is 13.2 Å². The molecule has 2 fully saturated rings. The lowest BCUT2D eigenvalue weighted by Gasteiger charge is -2.40. The summed E-state index contributed by atoms with van der Waals surface area (Å²) in [6, 6.07) is 3.16. The summed E-state index contributed by atoms with van der Waals surface area (Å²) in [6.07, 6.45) is 8.11. The van der Waals surface area contributed by atoms with E-state index in [2.05, 4.69) is 0 Å². The maximum absolute atomic E-state index is 14.4. The van der Waals surface area contributed by atoms with E-state index < -0.39 is 23.5 Å². The van der Waals surface area contributed by atoms with Crippen LogP contribution in [-0.2, 0) is 0 Å². The highest BCUT2D eigenvalue weighted by molar-refractivity contribution is 5.33. The van der Waals surface area contributed by atoms with Gasteiger partial charge in [0.1, 0.15) is 0 Å². The van der Waals surface area contributed by atoms with Crippen LogP contribution in [0.2, 0.25) is 0 Å². The molecule has 0 spiro atoms. The van der Waals surface area contributed by atoms with Gasteiger partial charge < -0.3 is 4.74 Å². The molecule has 0 heterocycles. The Morgan fingerprint density at radius 1 is 0.931 bits per heavy atom. The van der Waals surface area contributed by atoms with Gasteiger partial charge in [0, 0.05) is 5.92 Å². The first kappa shape index (κ1) is 22.4. The van der Waals surface area contributed by atoms with Crippen molar-refractivity contribution in [1.29, 1.82) is 0 Å². The predicted octanol–water partition coefficient (Wildman–Crippen LogP) is 7.74. The van der Waals surface area contributed by atoms with Crippen molar-refractivity contribution in [2.45, 2.75) is 83.5 Å². The Bertz CT molecular complexity index is 668. The van der Waals surface area contributed by atoms with Crippen LogP contribution in [0.4, 0.5) is 17.6 Å². The van der Waals surface area contributed by atoms with E-state index >= 15 is 0 Å². The molecule has 3 rings (SSSR count). The fourth-order valence-electron chi connectivity index (χ4n) is 6.05. The highest BCUT2D eigenvalue weighted by Gasteiger charge is 2.41. The highest BCUT2D eigenvalue weighted by Crippen LogP contribution is 2.47. The van der Waals surface area contributed by atoms with Gasteiger partial charge in [-0.25, -0.2) is 13.2 Å². The predicted molar refractivity (Wildman–Crippen MR) is 107 cm³/mol. The maximum Gasteiger partial charge on any atom is 0.248 e. The molecule has 2 saturated carbocycles. The number of hydrogen-bond donors (Lipinski definition) is 0. The standard InChI is InChI=1S/C24H34F4O/c1-4-20(24(2,27)28)18-11-7-16(8-12-18)15-5-9-17(10-6-15)19-13-14-21(29-3)23(26)22(19)25/h13-18,20H,4-12H2,1-3H3. The Morgan fingerprint density at radius 3 is 1.97 bits per heavy atom. The van der Waals surface area contributed by atoms with Gasteiger partial charge in [0.25, 0.3) is 0 Å². The number of methoxy groups -OCH3 is 1. The van der Waals surface area contributed by atoms with Crippen LogP contribution in [0.25, 0.3) is 0 Å². The molecule has 0 N–H and O–H groups in total. The molecule has 1 aromatic rings. The molecule has 2 aliphatic rings. The molecule has 0 amide bonds. The molecule has 29 heavy (non-hydrogen) atoms. The van der Waals surface area contributed by atoms with E-state index in [1.54, 1.807) is 6.07 Å². The first-order valence-corrected chi connectivity index (χ1v) is 11.2. The summed E-state index contributed by atoms with van der Waals surface area (Å²) >= 11 is 0. The molecule has 2 aliphatic carbocycles. The smallest absolute Gasteiger partial charge is 0.248 e. The summed E-state index contributed by atoms with van der Waals surface area (Å²) in [4.78, 5) is 0. The van der Waals surface area contributed by atoms with Gasteiger partial charge in [-0.05, 0) is 100 Å². The second kappa shape index (κ2) is 9.26. The minimum atomic E-state index is -2.60. The minimum Gasteiger partial charge on any atom is -0.494 e. The Balaban J connectivity index is 1.54. The van der Waals surface area contributed by atoms with Gasteiger partial charge >= 0.3 is 0 Å². The number of rotatable bonds is 6. The van der Waals surface area contributed by atoms with Crippen molar-refractivity contribution >= 4 is 0 Å². The van der Waals surface area contributed by atoms with E-state index in [9.17, 15) is 17.6 Å². The third-order valence-electron chi connectivity index (χ3n) is 7.65. The molecule has 164 valence electrons. The summed E-state index contributed by atoms with van der Waals surface area (Å²) in [7, 11) is 1.34. The first-order valence-electron chi connectivity index (χ1n) is 11.2. The largest absolute Gasteiger partial charge is 0.494 e. The Hall–Kier alpha value is -1.26. The maximum atomic E-state index is 14.4. The lowest BCUT2D eigenvalue weighted by Crippen LogP contribution is -2.34. The second-order valence-corrected chi connectivity index (χ2v) is 9.24. The number of alkyl halides is 2. The van der Waals surface area contributed by atoms with Gasteiger partial charge in [-0.1, -0.05) is 13.0 Å². The summed E-state index contributed by atoms with van der Waals surface area (Å²) in [5.41, 5.74) is 0.460. The average Bonchev–Trinajstić information content (AvgIpc) is 2.70. The molecule has 0 saturated heterocycles. The number of hydrogen-bond acceptors (Lipinski definition) is 1. The fourth-order valence-corrected chi connectivity index (χ4v) is 6.05. The van der Waals surface area contributed by atoms with Crippen LogP contribution in [0, 0.1) is 35.3 Å². The zero-order valence-electron chi connectivity index (χ0n) is 17.8. The van der Waals surface area contributed by atoms with Crippen molar-refractivity contribution in [3.05, 3.63) is 29.3 Å². The summed E-state index contributed by atoms with van der Waals surface area (Å²) < 4.78 is 61.1. The van der Waals surface area contributed by atoms with Gasteiger partial charge in [0.05, 0.1) is 7.11 Å². The Labute approximate surface area is 172 Å². The summed E-state index contributed by atoms with van der Waals surface area (Å²) in [5.74, 6) is -3.49. The molecule has 0 aliphatic heterocycles. The normalized spacial score (nSPS) is 29.5. The van der Waals surface area contributed by atoms with Gasteiger partial charge in [-0.3, -0.25) is 0 Å². The van der Waals surface area contributed by atoms with Crippen LogP contribution in [0.15, 0.2) is 12.1 Å². The van der Waals surface area contributed by atoms with Gasteiger partial charge in [-0.15, -0.1) is 0 Å². The van der Waals surface area contributed by atoms with Crippen molar-refractivity contribution < 1.29 is 22.3 Å². The average molecular weight is 415 g/mol. The van der Waals surface area contributed by atoms with Crippen molar-refractivity contribution in [3.63, 3.8) is 0 Å². The molecule has 1 unspecified atom stereocenters. The Kier molecular flexibility index (Phi) is 7.16. The van der Waals surface area contributed by atoms with E-state index in [0.717, 1.165) is 58.3 Å². The zero-order chi connectivity index (χ0) is 21.2. The second-order valence-electron chi connectivity index (χ2n) is 9.24. The van der Waals surface area contributed by atoms with E-state index in [1.807, 2.05) is 6.92 Å². The van der Waals surface area contributed by atoms with Gasteiger partial charge in [0.15, 0.2) is 11.6 Å². The van der Waals surface area contributed by atoms with Crippen LogP contribution in [0.1, 0.15) is 83.1 Å². The summed E-state index contributed by atoms with van der Waals surface area (Å²) in [5, 5.41) is 0. The van der Waals surface area contributed by atoms with Crippen molar-refractivity contribution in [2.75, 3.05) is 7.11 Å². The van der Waals surface area contributed by atoms with E-state index in [4.69, 9.17) is 4.74 Å². The SMILES string of the molecule is CCC(C1CCC(C2CCC(c3ccc(OC)c(F)c3F)CC2)CC1)C(C)(F)F. The van der Waals surface area contributed by atoms with Crippen LogP contribution in [-0.4, -0.2) is 13.0 Å². The fraction of sp³-hybridized carbons (Fsp3) is 0.750. The van der Waals surface area contributed by atoms with Crippen LogP contribution in [0.5, 0.6) is 5.75 Å². The summed E-state index contributed by atoms with van der Waals surface area (Å²) in [6.45, 7) is 2.94. The lowest BCUT2D eigenvalue weighted by atomic mass is 9.66. The topological polar surface area (TPSA) is 9.23 Å². The van der Waals surface area contributed by atoms with Crippen LogP contribution < -0.4 is 4.74 Å². The third-order valence-corrected chi connectivity index (χ3v) is 7.65. The molecular weight excluding hydrogens is 380 g/mol. The number of halogens is 4. The molecule has 1 nitrogen and oxygen atoms in total. The van der Waals surface area contributed by atoms with Crippen LogP contribution in [0.3, 0.4) is 0 Å². The third kappa shape index (κ3) is 4.91. The quantitative estimate of drug-likeness (QED) is 0.433. The van der Waals surface area contributed by atoms with Crippen molar-refractivity contribution in [1.82, 2.24) is 0 Å². The molecule has 0 radical (unpaired) electrons. The first-order chi connectivity index (χ1) is 13.8. The van der Waals surface area contributed by atoms with E-state index in [0.29, 0.717) is 23.8 Å². The number of benzene rings is 1. The molecule has 1 aromatic carbocycles. The van der Waals surface area contributed by atoms with E-state index in [-0.39, 0.29) is 17.6 Å². The van der Waals surface area contributed by atoms with Crippen molar-refractivity contribution in [2.24, 2.45) is 23.7 Å². The number of ether oxygens (including phenoxy) is 1. The van der Waals surface area contributed by atoms with Crippen LogP contribution >= 0.6 is 0 Å². The molecule has 0 aromatic heterocycles. The molecule has 0 bridgehead atoms. The van der Waals surface area contributed by atoms with Crippen molar-refractivity contribution in [3.8, 4) is 5.75 Å². The minimum absolute atomic E-state index is 0.0475. The Morgan fingerprint density at radius 2 is 1.48 bits per heavy atom. The molecule has 1 atom stereocenters. The highest BCUT2D eigenvalue weighted by atomic mass is 19.3. The monoisotopic (exact) mass is 414 g/mol. The lowest BCUT2D eigenvalue weighted by molar-refractivity contribution is -0.0745. The molecule has 5 heteroatoms. The van der Waals surface area contributed by atoms with Gasteiger partial charge in [-0.2, -0.15) is 4.39 Å². The van der Waals surface area contributed by atoms with Gasteiger partial charge in [0.2, 0.25) is 11.7 Å². The molecular formula is C24H34F4O. The zero-order valence-corrected chi connectivity index (χ0v) is 17.8.